The van der Waals surface area contributed by atoms with Crippen LogP contribution in [0.4, 0.5) is 0 Å². The molecule has 2 saturated heterocycles. The fraction of sp³-hybridized carbons (Fsp3) is 0.923. The maximum Gasteiger partial charge on any atom is 0.294 e. The largest absolute Gasteiger partial charge is 0.341 e. The van der Waals surface area contributed by atoms with E-state index in [1.807, 2.05) is 11.9 Å². The molecule has 1 unspecified atom stereocenters. The van der Waals surface area contributed by atoms with Crippen LogP contribution in [0, 0.1) is 16.0 Å². The SMILES string of the molecule is CN1CCCCC1C(=O)N1CCC(CO[N+](=O)[O-])CC1. The average molecular weight is 285 g/mol. The van der Waals surface area contributed by atoms with Gasteiger partial charge in [0, 0.05) is 13.1 Å². The number of likely N-dealkylation sites (N-methyl/N-ethyl adjacent to an activating group) is 1. The first-order chi connectivity index (χ1) is 9.58. The Balaban J connectivity index is 1.78. The molecule has 114 valence electrons. The van der Waals surface area contributed by atoms with Crippen LogP contribution in [0.1, 0.15) is 32.1 Å². The maximum atomic E-state index is 12.5. The van der Waals surface area contributed by atoms with E-state index in [1.54, 1.807) is 0 Å². The van der Waals surface area contributed by atoms with E-state index in [1.165, 1.54) is 6.42 Å². The molecule has 7 heteroatoms. The predicted molar refractivity (Wildman–Crippen MR) is 72.5 cm³/mol. The van der Waals surface area contributed by atoms with Crippen LogP contribution in [-0.2, 0) is 9.63 Å². The van der Waals surface area contributed by atoms with Crippen molar-refractivity contribution >= 4 is 5.91 Å². The summed E-state index contributed by atoms with van der Waals surface area (Å²) >= 11 is 0. The fourth-order valence-corrected chi connectivity index (χ4v) is 3.08. The predicted octanol–water partition coefficient (Wildman–Crippen LogP) is 0.918. The highest BCUT2D eigenvalue weighted by Crippen LogP contribution is 2.22. The zero-order valence-corrected chi connectivity index (χ0v) is 12.0. The van der Waals surface area contributed by atoms with Gasteiger partial charge in [-0.05, 0) is 45.2 Å². The number of rotatable bonds is 4. The summed E-state index contributed by atoms with van der Waals surface area (Å²) in [7, 11) is 2.01. The molecular weight excluding hydrogens is 262 g/mol. The molecule has 1 atom stereocenters. The molecule has 2 heterocycles. The molecule has 2 aliphatic rings. The molecule has 0 saturated carbocycles. The molecule has 0 spiro atoms. The van der Waals surface area contributed by atoms with Gasteiger partial charge in [0.25, 0.3) is 5.09 Å². The lowest BCUT2D eigenvalue weighted by atomic mass is 9.95. The summed E-state index contributed by atoms with van der Waals surface area (Å²) in [5.74, 6) is 0.411. The average Bonchev–Trinajstić information content (AvgIpc) is 2.45. The molecule has 0 N–H and O–H groups in total. The normalized spacial score (nSPS) is 25.4. The van der Waals surface area contributed by atoms with E-state index in [0.29, 0.717) is 13.1 Å². The Bertz CT molecular complexity index is 356. The monoisotopic (exact) mass is 285 g/mol. The van der Waals surface area contributed by atoms with Gasteiger partial charge in [-0.25, -0.2) is 0 Å². The zero-order chi connectivity index (χ0) is 14.5. The molecular formula is C13H23N3O4. The molecule has 0 aromatic heterocycles. The van der Waals surface area contributed by atoms with Crippen LogP contribution in [0.2, 0.25) is 0 Å². The van der Waals surface area contributed by atoms with Crippen molar-refractivity contribution < 1.29 is 14.7 Å². The summed E-state index contributed by atoms with van der Waals surface area (Å²) < 4.78 is 0. The van der Waals surface area contributed by atoms with Gasteiger partial charge in [-0.15, -0.1) is 10.1 Å². The van der Waals surface area contributed by atoms with Gasteiger partial charge in [-0.2, -0.15) is 0 Å². The zero-order valence-electron chi connectivity index (χ0n) is 12.0. The number of hydrogen-bond acceptors (Lipinski definition) is 5. The van der Waals surface area contributed by atoms with E-state index in [4.69, 9.17) is 0 Å². The lowest BCUT2D eigenvalue weighted by Crippen LogP contribution is -2.51. The van der Waals surface area contributed by atoms with Crippen molar-refractivity contribution in [2.75, 3.05) is 33.3 Å². The Kier molecular flexibility index (Phi) is 5.17. The summed E-state index contributed by atoms with van der Waals surface area (Å²) in [6.07, 6.45) is 4.81. The van der Waals surface area contributed by atoms with Crippen LogP contribution in [0.5, 0.6) is 0 Å². The van der Waals surface area contributed by atoms with E-state index in [-0.39, 0.29) is 24.5 Å². The molecule has 0 aromatic rings. The second-order valence-electron chi connectivity index (χ2n) is 5.78. The fourth-order valence-electron chi connectivity index (χ4n) is 3.08. The smallest absolute Gasteiger partial charge is 0.294 e. The number of carbonyl (C=O) groups excluding carboxylic acids is 1. The summed E-state index contributed by atoms with van der Waals surface area (Å²) in [5.41, 5.74) is 0. The summed E-state index contributed by atoms with van der Waals surface area (Å²) in [6.45, 7) is 2.52. The minimum Gasteiger partial charge on any atom is -0.341 e. The first-order valence-electron chi connectivity index (χ1n) is 7.34. The van der Waals surface area contributed by atoms with Crippen LogP contribution in [0.15, 0.2) is 0 Å². The Morgan fingerprint density at radius 3 is 2.55 bits per heavy atom. The Hall–Kier alpha value is -1.37. The Morgan fingerprint density at radius 1 is 1.25 bits per heavy atom. The van der Waals surface area contributed by atoms with E-state index in [9.17, 15) is 14.9 Å². The van der Waals surface area contributed by atoms with Crippen molar-refractivity contribution in [1.29, 1.82) is 0 Å². The lowest BCUT2D eigenvalue weighted by molar-refractivity contribution is -0.759. The van der Waals surface area contributed by atoms with Gasteiger partial charge in [0.1, 0.15) is 0 Å². The van der Waals surface area contributed by atoms with Gasteiger partial charge in [-0.1, -0.05) is 6.42 Å². The number of hydrogen-bond donors (Lipinski definition) is 0. The summed E-state index contributed by atoms with van der Waals surface area (Å²) in [5, 5.41) is 9.43. The third-order valence-corrected chi connectivity index (χ3v) is 4.40. The standard InChI is InChI=1S/C13H23N3O4/c1-14-7-3-2-4-12(14)13(17)15-8-5-11(6-9-15)10-20-16(18)19/h11-12H,2-10H2,1H3. The van der Waals surface area contributed by atoms with Gasteiger partial charge < -0.3 is 9.74 Å². The third-order valence-electron chi connectivity index (χ3n) is 4.40. The van der Waals surface area contributed by atoms with Crippen molar-refractivity contribution in [2.45, 2.75) is 38.1 Å². The number of nitrogens with zero attached hydrogens (tertiary/aromatic N) is 3. The minimum absolute atomic E-state index is 0.0234. The topological polar surface area (TPSA) is 75.9 Å². The number of piperidine rings is 2. The molecule has 7 nitrogen and oxygen atoms in total. The number of carbonyl (C=O) groups is 1. The van der Waals surface area contributed by atoms with Gasteiger partial charge in [0.2, 0.25) is 5.91 Å². The van der Waals surface area contributed by atoms with E-state index < -0.39 is 5.09 Å². The van der Waals surface area contributed by atoms with Crippen molar-refractivity contribution in [3.8, 4) is 0 Å². The van der Waals surface area contributed by atoms with Crippen LogP contribution in [-0.4, -0.2) is 60.1 Å². The number of amides is 1. The van der Waals surface area contributed by atoms with Crippen molar-refractivity contribution in [3.63, 3.8) is 0 Å². The summed E-state index contributed by atoms with van der Waals surface area (Å²) in [6, 6.07) is 0.0234. The van der Waals surface area contributed by atoms with Gasteiger partial charge >= 0.3 is 0 Å². The second kappa shape index (κ2) is 6.88. The lowest BCUT2D eigenvalue weighted by Gasteiger charge is -2.38. The Morgan fingerprint density at radius 2 is 1.95 bits per heavy atom. The summed E-state index contributed by atoms with van der Waals surface area (Å²) in [4.78, 5) is 31.1. The van der Waals surface area contributed by atoms with Gasteiger partial charge in [0.05, 0.1) is 12.6 Å². The van der Waals surface area contributed by atoms with E-state index in [2.05, 4.69) is 9.74 Å². The van der Waals surface area contributed by atoms with Crippen LogP contribution in [0.25, 0.3) is 0 Å². The van der Waals surface area contributed by atoms with Crippen LogP contribution >= 0.6 is 0 Å². The van der Waals surface area contributed by atoms with Crippen molar-refractivity contribution in [1.82, 2.24) is 9.80 Å². The van der Waals surface area contributed by atoms with E-state index in [0.717, 1.165) is 32.2 Å². The molecule has 0 aromatic carbocycles. The molecule has 2 aliphatic heterocycles. The van der Waals surface area contributed by atoms with Gasteiger partial charge in [0.15, 0.2) is 0 Å². The van der Waals surface area contributed by atoms with Crippen LogP contribution in [0.3, 0.4) is 0 Å². The first kappa shape index (κ1) is 15.0. The van der Waals surface area contributed by atoms with Crippen molar-refractivity contribution in [2.24, 2.45) is 5.92 Å². The molecule has 0 radical (unpaired) electrons. The highest BCUT2D eigenvalue weighted by atomic mass is 16.9. The molecule has 20 heavy (non-hydrogen) atoms. The minimum atomic E-state index is -0.742. The molecule has 2 fully saturated rings. The Labute approximate surface area is 119 Å². The molecule has 0 aliphatic carbocycles. The first-order valence-corrected chi connectivity index (χ1v) is 7.34. The maximum absolute atomic E-state index is 12.5. The molecule has 2 rings (SSSR count). The van der Waals surface area contributed by atoms with E-state index >= 15 is 0 Å². The number of likely N-dealkylation sites (tertiary alicyclic amines) is 2. The second-order valence-corrected chi connectivity index (χ2v) is 5.78. The van der Waals surface area contributed by atoms with Crippen molar-refractivity contribution in [3.05, 3.63) is 10.1 Å². The molecule has 1 amide bonds. The highest BCUT2D eigenvalue weighted by Gasteiger charge is 2.31. The van der Waals surface area contributed by atoms with Gasteiger partial charge in [-0.3, -0.25) is 9.69 Å². The quantitative estimate of drug-likeness (QED) is 0.567. The third kappa shape index (κ3) is 3.82. The molecule has 0 bridgehead atoms. The highest BCUT2D eigenvalue weighted by molar-refractivity contribution is 5.82. The van der Waals surface area contributed by atoms with Crippen LogP contribution < -0.4 is 0 Å².